The number of nitrogens with one attached hydrogen (secondary N) is 1. The predicted molar refractivity (Wildman–Crippen MR) is 72.2 cm³/mol. The number of benzene rings is 1. The lowest BCUT2D eigenvalue weighted by molar-refractivity contribution is -0.385. The molecule has 0 saturated heterocycles. The van der Waals surface area contributed by atoms with Crippen LogP contribution in [0.3, 0.4) is 0 Å². The zero-order valence-electron chi connectivity index (χ0n) is 11.1. The second-order valence-electron chi connectivity index (χ2n) is 4.40. The Bertz CT molecular complexity index is 636. The molecule has 0 radical (unpaired) electrons. The average molecular weight is 274 g/mol. The molecule has 104 valence electrons. The molecule has 0 aliphatic carbocycles. The Kier molecular flexibility index (Phi) is 3.79. The van der Waals surface area contributed by atoms with Crippen molar-refractivity contribution in [1.29, 1.82) is 0 Å². The van der Waals surface area contributed by atoms with Crippen LogP contribution in [0.1, 0.15) is 29.0 Å². The van der Waals surface area contributed by atoms with Crippen molar-refractivity contribution in [3.63, 3.8) is 0 Å². The van der Waals surface area contributed by atoms with Crippen LogP contribution in [0.2, 0.25) is 0 Å². The lowest BCUT2D eigenvalue weighted by atomic mass is 10.1. The van der Waals surface area contributed by atoms with Gasteiger partial charge in [0.15, 0.2) is 0 Å². The SMILES string of the molecule is CC(NC(=O)c1nn(C)cc1[N+](=O)[O-])c1ccccc1. The van der Waals surface area contributed by atoms with Crippen LogP contribution in [-0.2, 0) is 7.05 Å². The number of aromatic nitrogens is 2. The molecule has 0 fully saturated rings. The van der Waals surface area contributed by atoms with Gasteiger partial charge in [0.05, 0.1) is 11.0 Å². The highest BCUT2D eigenvalue weighted by Gasteiger charge is 2.25. The van der Waals surface area contributed by atoms with Gasteiger partial charge in [-0.2, -0.15) is 5.10 Å². The molecule has 1 heterocycles. The van der Waals surface area contributed by atoms with E-state index in [2.05, 4.69) is 10.4 Å². The molecule has 20 heavy (non-hydrogen) atoms. The summed E-state index contributed by atoms with van der Waals surface area (Å²) in [4.78, 5) is 22.3. The Balaban J connectivity index is 2.19. The standard InChI is InChI=1S/C13H14N4O3/c1-9(10-6-4-3-5-7-10)14-13(18)12-11(17(19)20)8-16(2)15-12/h3-9H,1-2H3,(H,14,18). The first kappa shape index (κ1) is 13.7. The molecule has 2 rings (SSSR count). The number of hydrogen-bond donors (Lipinski definition) is 1. The zero-order chi connectivity index (χ0) is 14.7. The summed E-state index contributed by atoms with van der Waals surface area (Å²) in [7, 11) is 1.53. The van der Waals surface area contributed by atoms with Gasteiger partial charge < -0.3 is 5.32 Å². The molecule has 0 aliphatic rings. The Morgan fingerprint density at radius 3 is 2.65 bits per heavy atom. The maximum absolute atomic E-state index is 12.1. The van der Waals surface area contributed by atoms with Crippen molar-refractivity contribution < 1.29 is 9.72 Å². The molecule has 0 aliphatic heterocycles. The molecular weight excluding hydrogens is 260 g/mol. The molecular formula is C13H14N4O3. The first-order valence-corrected chi connectivity index (χ1v) is 6.03. The third-order valence-electron chi connectivity index (χ3n) is 2.87. The minimum absolute atomic E-state index is 0.180. The lowest BCUT2D eigenvalue weighted by Gasteiger charge is -2.12. The molecule has 1 aromatic heterocycles. The normalized spacial score (nSPS) is 11.9. The minimum Gasteiger partial charge on any atom is -0.344 e. The van der Waals surface area contributed by atoms with E-state index in [0.29, 0.717) is 0 Å². The van der Waals surface area contributed by atoms with Gasteiger partial charge in [0.25, 0.3) is 5.91 Å². The predicted octanol–water partition coefficient (Wildman–Crippen LogP) is 1.82. The summed E-state index contributed by atoms with van der Waals surface area (Å²) >= 11 is 0. The monoisotopic (exact) mass is 274 g/mol. The molecule has 0 bridgehead atoms. The van der Waals surface area contributed by atoms with E-state index in [1.807, 2.05) is 37.3 Å². The topological polar surface area (TPSA) is 90.1 Å². The highest BCUT2D eigenvalue weighted by molar-refractivity contribution is 5.96. The van der Waals surface area contributed by atoms with Crippen LogP contribution in [-0.4, -0.2) is 20.6 Å². The molecule has 1 atom stereocenters. The molecule has 1 N–H and O–H groups in total. The second-order valence-corrected chi connectivity index (χ2v) is 4.40. The third kappa shape index (κ3) is 2.82. The van der Waals surface area contributed by atoms with Gasteiger partial charge in [0, 0.05) is 7.05 Å². The summed E-state index contributed by atoms with van der Waals surface area (Å²) in [5, 5.41) is 17.4. The maximum atomic E-state index is 12.1. The lowest BCUT2D eigenvalue weighted by Crippen LogP contribution is -2.27. The molecule has 0 spiro atoms. The van der Waals surface area contributed by atoms with E-state index in [1.54, 1.807) is 0 Å². The smallest absolute Gasteiger partial charge is 0.320 e. The molecule has 7 nitrogen and oxygen atoms in total. The molecule has 7 heteroatoms. The zero-order valence-corrected chi connectivity index (χ0v) is 11.1. The van der Waals surface area contributed by atoms with Crippen molar-refractivity contribution in [2.24, 2.45) is 7.05 Å². The summed E-state index contributed by atoms with van der Waals surface area (Å²) in [6.07, 6.45) is 1.21. The van der Waals surface area contributed by atoms with Gasteiger partial charge in [-0.1, -0.05) is 30.3 Å². The number of rotatable bonds is 4. The Hall–Kier alpha value is -2.70. The van der Waals surface area contributed by atoms with Gasteiger partial charge in [-0.15, -0.1) is 0 Å². The number of carbonyl (C=O) groups excluding carboxylic acids is 1. The first-order chi connectivity index (χ1) is 9.49. The fourth-order valence-electron chi connectivity index (χ4n) is 1.86. The summed E-state index contributed by atoms with van der Waals surface area (Å²) in [5.74, 6) is -0.561. The number of nitrogens with zero attached hydrogens (tertiary/aromatic N) is 3. The Morgan fingerprint density at radius 1 is 1.40 bits per heavy atom. The molecule has 1 aromatic carbocycles. The van der Waals surface area contributed by atoms with Crippen LogP contribution in [0.5, 0.6) is 0 Å². The van der Waals surface area contributed by atoms with Crippen molar-refractivity contribution >= 4 is 11.6 Å². The van der Waals surface area contributed by atoms with Crippen LogP contribution < -0.4 is 5.32 Å². The summed E-state index contributed by atoms with van der Waals surface area (Å²) < 4.78 is 1.25. The van der Waals surface area contributed by atoms with Crippen molar-refractivity contribution in [3.8, 4) is 0 Å². The highest BCUT2D eigenvalue weighted by atomic mass is 16.6. The summed E-state index contributed by atoms with van der Waals surface area (Å²) in [5.41, 5.74) is 0.435. The van der Waals surface area contributed by atoms with Gasteiger partial charge in [-0.3, -0.25) is 19.6 Å². The van der Waals surface area contributed by atoms with Crippen molar-refractivity contribution in [1.82, 2.24) is 15.1 Å². The molecule has 1 unspecified atom stereocenters. The van der Waals surface area contributed by atoms with E-state index < -0.39 is 10.8 Å². The average Bonchev–Trinajstić information content (AvgIpc) is 2.82. The number of nitro groups is 1. The van der Waals surface area contributed by atoms with Crippen LogP contribution in [0.15, 0.2) is 36.5 Å². The number of amides is 1. The van der Waals surface area contributed by atoms with Crippen molar-refractivity contribution in [2.45, 2.75) is 13.0 Å². The van der Waals surface area contributed by atoms with E-state index >= 15 is 0 Å². The quantitative estimate of drug-likeness (QED) is 0.680. The summed E-state index contributed by atoms with van der Waals surface area (Å²) in [6, 6.07) is 9.09. The van der Waals surface area contributed by atoms with Gasteiger partial charge in [-0.05, 0) is 12.5 Å². The van der Waals surface area contributed by atoms with Crippen LogP contribution >= 0.6 is 0 Å². The fourth-order valence-corrected chi connectivity index (χ4v) is 1.86. The fraction of sp³-hybridized carbons (Fsp3) is 0.231. The van der Waals surface area contributed by atoms with Crippen molar-refractivity contribution in [3.05, 3.63) is 57.9 Å². The number of aryl methyl sites for hydroxylation is 1. The molecule has 0 saturated carbocycles. The van der Waals surface area contributed by atoms with Crippen LogP contribution in [0.4, 0.5) is 5.69 Å². The van der Waals surface area contributed by atoms with E-state index in [-0.39, 0.29) is 17.4 Å². The van der Waals surface area contributed by atoms with Gasteiger partial charge in [0.1, 0.15) is 6.20 Å². The highest BCUT2D eigenvalue weighted by Crippen LogP contribution is 2.18. The van der Waals surface area contributed by atoms with Crippen LogP contribution in [0, 0.1) is 10.1 Å². The molecule has 2 aromatic rings. The Morgan fingerprint density at radius 2 is 2.05 bits per heavy atom. The van der Waals surface area contributed by atoms with Gasteiger partial charge in [-0.25, -0.2) is 0 Å². The van der Waals surface area contributed by atoms with E-state index in [0.717, 1.165) is 5.56 Å². The number of carbonyl (C=O) groups is 1. The van der Waals surface area contributed by atoms with Crippen molar-refractivity contribution in [2.75, 3.05) is 0 Å². The Labute approximate surface area is 115 Å². The third-order valence-corrected chi connectivity index (χ3v) is 2.87. The maximum Gasteiger partial charge on any atom is 0.320 e. The molecule has 1 amide bonds. The second kappa shape index (κ2) is 5.52. The van der Waals surface area contributed by atoms with E-state index in [1.165, 1.54) is 17.9 Å². The minimum atomic E-state index is -0.616. The largest absolute Gasteiger partial charge is 0.344 e. The van der Waals surface area contributed by atoms with E-state index in [4.69, 9.17) is 0 Å². The van der Waals surface area contributed by atoms with Crippen LogP contribution in [0.25, 0.3) is 0 Å². The van der Waals surface area contributed by atoms with E-state index in [9.17, 15) is 14.9 Å². The number of hydrogen-bond acceptors (Lipinski definition) is 4. The van der Waals surface area contributed by atoms with Gasteiger partial charge >= 0.3 is 5.69 Å². The summed E-state index contributed by atoms with van der Waals surface area (Å²) in [6.45, 7) is 1.81. The first-order valence-electron chi connectivity index (χ1n) is 6.03. The van der Waals surface area contributed by atoms with Gasteiger partial charge in [0.2, 0.25) is 5.69 Å².